The molecule has 0 bridgehead atoms. The molecule has 6 nitrogen and oxygen atoms in total. The molecule has 2 atom stereocenters. The summed E-state index contributed by atoms with van der Waals surface area (Å²) >= 11 is 0. The molecule has 2 unspecified atom stereocenters. The van der Waals surface area contributed by atoms with Crippen LogP contribution < -0.4 is 5.32 Å². The van der Waals surface area contributed by atoms with E-state index in [1.165, 1.54) is 6.20 Å². The van der Waals surface area contributed by atoms with Crippen LogP contribution in [0.5, 0.6) is 0 Å². The first-order chi connectivity index (χ1) is 11.3. The maximum Gasteiger partial charge on any atom is 0.326 e. The van der Waals surface area contributed by atoms with Gasteiger partial charge in [0.15, 0.2) is 0 Å². The summed E-state index contributed by atoms with van der Waals surface area (Å²) < 4.78 is 1.68. The van der Waals surface area contributed by atoms with Crippen molar-refractivity contribution < 1.29 is 14.7 Å². The topological polar surface area (TPSA) is 84.2 Å². The minimum Gasteiger partial charge on any atom is -0.480 e. The molecule has 0 spiro atoms. The molecule has 6 heteroatoms. The molecule has 0 fully saturated rings. The Bertz CT molecular complexity index is 752. The highest BCUT2D eigenvalue weighted by Crippen LogP contribution is 2.16. The highest BCUT2D eigenvalue weighted by Gasteiger charge is 2.27. The number of nitrogens with zero attached hydrogens (tertiary/aromatic N) is 2. The lowest BCUT2D eigenvalue weighted by Crippen LogP contribution is -2.45. The van der Waals surface area contributed by atoms with Crippen LogP contribution in [0, 0.1) is 19.8 Å². The third kappa shape index (κ3) is 3.64. The standard InChI is InChI=1S/C18H23N3O3/c1-5-12(3)16(18(23)24)20-17(22)15-10-19-21(13(15)4)14-8-6-7-11(2)9-14/h6-10,12,16H,5H2,1-4H3,(H,20,22)(H,23,24). The number of aromatic nitrogens is 2. The summed E-state index contributed by atoms with van der Waals surface area (Å²) in [6.45, 7) is 7.48. The van der Waals surface area contributed by atoms with E-state index < -0.39 is 17.9 Å². The fourth-order valence-corrected chi connectivity index (χ4v) is 2.55. The predicted octanol–water partition coefficient (Wildman–Crippen LogP) is 2.72. The Morgan fingerprint density at radius 3 is 2.62 bits per heavy atom. The van der Waals surface area contributed by atoms with Crippen molar-refractivity contribution in [2.45, 2.75) is 40.2 Å². The molecule has 0 saturated carbocycles. The first-order valence-electron chi connectivity index (χ1n) is 8.00. The zero-order valence-electron chi connectivity index (χ0n) is 14.4. The normalized spacial score (nSPS) is 13.3. The number of carbonyl (C=O) groups excluding carboxylic acids is 1. The SMILES string of the molecule is CCC(C)C(NC(=O)c1cnn(-c2cccc(C)c2)c1C)C(=O)O. The van der Waals surface area contributed by atoms with Crippen molar-refractivity contribution in [1.82, 2.24) is 15.1 Å². The lowest BCUT2D eigenvalue weighted by molar-refractivity contribution is -0.140. The molecule has 2 N–H and O–H groups in total. The van der Waals surface area contributed by atoms with Crippen molar-refractivity contribution in [3.63, 3.8) is 0 Å². The number of hydrogen-bond acceptors (Lipinski definition) is 3. The molecular weight excluding hydrogens is 306 g/mol. The van der Waals surface area contributed by atoms with E-state index in [2.05, 4.69) is 10.4 Å². The monoisotopic (exact) mass is 329 g/mol. The van der Waals surface area contributed by atoms with Gasteiger partial charge in [0.25, 0.3) is 5.91 Å². The molecule has 128 valence electrons. The first-order valence-corrected chi connectivity index (χ1v) is 8.00. The molecule has 1 aromatic heterocycles. The maximum absolute atomic E-state index is 12.5. The summed E-state index contributed by atoms with van der Waals surface area (Å²) in [5, 5.41) is 16.2. The lowest BCUT2D eigenvalue weighted by Gasteiger charge is -2.20. The van der Waals surface area contributed by atoms with Crippen molar-refractivity contribution in [1.29, 1.82) is 0 Å². The summed E-state index contributed by atoms with van der Waals surface area (Å²) in [5.74, 6) is -1.60. The van der Waals surface area contributed by atoms with Gasteiger partial charge in [0.05, 0.1) is 23.1 Å². The average molecular weight is 329 g/mol. The van der Waals surface area contributed by atoms with Crippen molar-refractivity contribution in [2.75, 3.05) is 0 Å². The Balaban J connectivity index is 2.27. The third-order valence-corrected chi connectivity index (χ3v) is 4.27. The molecule has 0 saturated heterocycles. The molecule has 0 aliphatic rings. The average Bonchev–Trinajstić information content (AvgIpc) is 2.93. The second kappa shape index (κ2) is 7.29. The molecule has 1 heterocycles. The van der Waals surface area contributed by atoms with Gasteiger partial charge in [0.1, 0.15) is 6.04 Å². The lowest BCUT2D eigenvalue weighted by atomic mass is 9.99. The summed E-state index contributed by atoms with van der Waals surface area (Å²) in [6.07, 6.45) is 2.14. The van der Waals surface area contributed by atoms with Gasteiger partial charge in [-0.2, -0.15) is 5.10 Å². The molecule has 1 aromatic carbocycles. The molecule has 0 aliphatic carbocycles. The fourth-order valence-electron chi connectivity index (χ4n) is 2.55. The molecular formula is C18H23N3O3. The van der Waals surface area contributed by atoms with E-state index in [0.717, 1.165) is 11.3 Å². The largest absolute Gasteiger partial charge is 0.480 e. The smallest absolute Gasteiger partial charge is 0.326 e. The van der Waals surface area contributed by atoms with Crippen molar-refractivity contribution in [3.05, 3.63) is 47.3 Å². The summed E-state index contributed by atoms with van der Waals surface area (Å²) in [6, 6.07) is 6.88. The van der Waals surface area contributed by atoms with Gasteiger partial charge in [0, 0.05) is 0 Å². The minimum absolute atomic E-state index is 0.154. The van der Waals surface area contributed by atoms with Gasteiger partial charge in [-0.3, -0.25) is 4.79 Å². The molecule has 2 aromatic rings. The van der Waals surface area contributed by atoms with E-state index in [9.17, 15) is 14.7 Å². The quantitative estimate of drug-likeness (QED) is 0.853. The number of aryl methyl sites for hydroxylation is 1. The Morgan fingerprint density at radius 2 is 2.04 bits per heavy atom. The number of aliphatic carboxylic acids is 1. The van der Waals surface area contributed by atoms with Gasteiger partial charge < -0.3 is 10.4 Å². The highest BCUT2D eigenvalue weighted by atomic mass is 16.4. The van der Waals surface area contributed by atoms with Gasteiger partial charge in [0.2, 0.25) is 0 Å². The number of nitrogens with one attached hydrogen (secondary N) is 1. The second-order valence-electron chi connectivity index (χ2n) is 6.07. The second-order valence-corrected chi connectivity index (χ2v) is 6.07. The van der Waals surface area contributed by atoms with Crippen LogP contribution in [0.4, 0.5) is 0 Å². The van der Waals surface area contributed by atoms with Crippen LogP contribution >= 0.6 is 0 Å². The van der Waals surface area contributed by atoms with Crippen LogP contribution in [0.2, 0.25) is 0 Å². The fraction of sp³-hybridized carbons (Fsp3) is 0.389. The molecule has 0 radical (unpaired) electrons. The van der Waals surface area contributed by atoms with Crippen molar-refractivity contribution in [2.24, 2.45) is 5.92 Å². The van der Waals surface area contributed by atoms with E-state index in [1.807, 2.05) is 45.0 Å². The van der Waals surface area contributed by atoms with Crippen LogP contribution in [0.25, 0.3) is 5.69 Å². The Labute approximate surface area is 141 Å². The third-order valence-electron chi connectivity index (χ3n) is 4.27. The van der Waals surface area contributed by atoms with Crippen molar-refractivity contribution in [3.8, 4) is 5.69 Å². The number of benzene rings is 1. The van der Waals surface area contributed by atoms with E-state index in [-0.39, 0.29) is 5.92 Å². The number of carboxylic acid groups (broad SMARTS) is 1. The van der Waals surface area contributed by atoms with E-state index in [1.54, 1.807) is 11.6 Å². The number of amides is 1. The Kier molecular flexibility index (Phi) is 5.39. The molecule has 1 amide bonds. The van der Waals surface area contributed by atoms with Gasteiger partial charge >= 0.3 is 5.97 Å². The van der Waals surface area contributed by atoms with Gasteiger partial charge in [-0.05, 0) is 37.5 Å². The Hall–Kier alpha value is -2.63. The molecule has 2 rings (SSSR count). The van der Waals surface area contributed by atoms with E-state index in [0.29, 0.717) is 17.7 Å². The number of hydrogen-bond donors (Lipinski definition) is 2. The van der Waals surface area contributed by atoms with Crippen LogP contribution in [0.3, 0.4) is 0 Å². The number of carbonyl (C=O) groups is 2. The van der Waals surface area contributed by atoms with Gasteiger partial charge in [-0.15, -0.1) is 0 Å². The van der Waals surface area contributed by atoms with Gasteiger partial charge in [-0.25, -0.2) is 9.48 Å². The summed E-state index contributed by atoms with van der Waals surface area (Å²) in [7, 11) is 0. The first kappa shape index (κ1) is 17.7. The zero-order chi connectivity index (χ0) is 17.9. The Morgan fingerprint density at radius 1 is 1.33 bits per heavy atom. The summed E-state index contributed by atoms with van der Waals surface area (Å²) in [5.41, 5.74) is 3.01. The summed E-state index contributed by atoms with van der Waals surface area (Å²) in [4.78, 5) is 23.9. The predicted molar refractivity (Wildman–Crippen MR) is 91.4 cm³/mol. The highest BCUT2D eigenvalue weighted by molar-refractivity contribution is 5.97. The number of carboxylic acids is 1. The van der Waals surface area contributed by atoms with Crippen molar-refractivity contribution >= 4 is 11.9 Å². The maximum atomic E-state index is 12.5. The van der Waals surface area contributed by atoms with E-state index >= 15 is 0 Å². The molecule has 0 aliphatic heterocycles. The van der Waals surface area contributed by atoms with E-state index in [4.69, 9.17) is 0 Å². The van der Waals surface area contributed by atoms with Crippen LogP contribution in [0.15, 0.2) is 30.5 Å². The van der Waals surface area contributed by atoms with Gasteiger partial charge in [-0.1, -0.05) is 32.4 Å². The van der Waals surface area contributed by atoms with Crippen LogP contribution in [-0.2, 0) is 4.79 Å². The minimum atomic E-state index is -1.03. The van der Waals surface area contributed by atoms with Crippen LogP contribution in [-0.4, -0.2) is 32.8 Å². The molecule has 24 heavy (non-hydrogen) atoms. The zero-order valence-corrected chi connectivity index (χ0v) is 14.4. The van der Waals surface area contributed by atoms with Crippen LogP contribution in [0.1, 0.15) is 41.9 Å². The number of rotatable bonds is 6.